The van der Waals surface area contributed by atoms with E-state index in [1.54, 1.807) is 7.05 Å². The van der Waals surface area contributed by atoms with Crippen LogP contribution in [-0.4, -0.2) is 58.8 Å². The molecule has 1 N–H and O–H groups in total. The third-order valence-corrected chi connectivity index (χ3v) is 5.13. The lowest BCUT2D eigenvalue weighted by atomic mass is 9.97. The van der Waals surface area contributed by atoms with Crippen LogP contribution < -0.4 is 5.32 Å². The number of ether oxygens (including phenoxy) is 1. The number of hydrogen-bond acceptors (Lipinski definition) is 5. The average Bonchev–Trinajstić information content (AvgIpc) is 2.88. The summed E-state index contributed by atoms with van der Waals surface area (Å²) in [7, 11) is 3.25. The average molecular weight is 348 g/mol. The highest BCUT2D eigenvalue weighted by molar-refractivity contribution is 5.80. The highest BCUT2D eigenvalue weighted by Crippen LogP contribution is 2.19. The van der Waals surface area contributed by atoms with Crippen molar-refractivity contribution in [3.63, 3.8) is 0 Å². The molecule has 1 fully saturated rings. The van der Waals surface area contributed by atoms with E-state index in [-0.39, 0.29) is 11.9 Å². The number of carbonyl (C=O) groups excluding carboxylic acids is 1. The molecule has 3 heterocycles. The lowest BCUT2D eigenvalue weighted by Crippen LogP contribution is -2.46. The van der Waals surface area contributed by atoms with Gasteiger partial charge in [-0.05, 0) is 25.7 Å². The third-order valence-electron chi connectivity index (χ3n) is 5.13. The topological polar surface area (TPSA) is 84.6 Å². The van der Waals surface area contributed by atoms with Gasteiger partial charge in [-0.2, -0.15) is 0 Å². The van der Waals surface area contributed by atoms with E-state index in [1.165, 1.54) is 26.4 Å². The predicted molar refractivity (Wildman–Crippen MR) is 94.1 cm³/mol. The fourth-order valence-corrected chi connectivity index (χ4v) is 3.66. The van der Waals surface area contributed by atoms with Crippen LogP contribution in [0.5, 0.6) is 0 Å². The summed E-state index contributed by atoms with van der Waals surface area (Å²) < 4.78 is 7.10. The number of nitrogens with zero attached hydrogens (tertiary/aromatic N) is 5. The highest BCUT2D eigenvalue weighted by atomic mass is 16.5. The van der Waals surface area contributed by atoms with Gasteiger partial charge >= 0.3 is 5.97 Å². The SMILES string of the molecule is CN=C(NCc1nnc2n1CCCCC2)N1CCC(C(=O)OC)CC1. The molecule has 0 atom stereocenters. The Hall–Kier alpha value is -2.12. The smallest absolute Gasteiger partial charge is 0.308 e. The van der Waals surface area contributed by atoms with Crippen LogP contribution in [0.2, 0.25) is 0 Å². The highest BCUT2D eigenvalue weighted by Gasteiger charge is 2.27. The van der Waals surface area contributed by atoms with Gasteiger partial charge in [-0.25, -0.2) is 0 Å². The summed E-state index contributed by atoms with van der Waals surface area (Å²) in [5.41, 5.74) is 0. The second kappa shape index (κ2) is 8.31. The van der Waals surface area contributed by atoms with Gasteiger partial charge in [-0.1, -0.05) is 6.42 Å². The molecule has 138 valence electrons. The van der Waals surface area contributed by atoms with Crippen molar-refractivity contribution in [1.82, 2.24) is 25.0 Å². The molecule has 2 aliphatic rings. The summed E-state index contributed by atoms with van der Waals surface area (Å²) in [5.74, 6) is 2.83. The van der Waals surface area contributed by atoms with Crippen LogP contribution in [0.25, 0.3) is 0 Å². The second-order valence-electron chi connectivity index (χ2n) is 6.68. The normalized spacial score (nSPS) is 19.3. The number of hydrogen-bond donors (Lipinski definition) is 1. The molecule has 1 aromatic rings. The molecule has 0 aliphatic carbocycles. The fourth-order valence-electron chi connectivity index (χ4n) is 3.66. The molecule has 0 saturated carbocycles. The number of rotatable bonds is 3. The van der Waals surface area contributed by atoms with Crippen molar-refractivity contribution in [3.8, 4) is 0 Å². The van der Waals surface area contributed by atoms with Gasteiger partial charge < -0.3 is 19.5 Å². The van der Waals surface area contributed by atoms with Crippen molar-refractivity contribution in [1.29, 1.82) is 0 Å². The number of carbonyl (C=O) groups is 1. The lowest BCUT2D eigenvalue weighted by Gasteiger charge is -2.33. The van der Waals surface area contributed by atoms with Crippen molar-refractivity contribution in [2.24, 2.45) is 10.9 Å². The molecular weight excluding hydrogens is 320 g/mol. The minimum absolute atomic E-state index is 0.00613. The third kappa shape index (κ3) is 4.11. The molecule has 2 aliphatic heterocycles. The van der Waals surface area contributed by atoms with Crippen molar-refractivity contribution in [2.45, 2.75) is 51.6 Å². The van der Waals surface area contributed by atoms with E-state index in [0.717, 1.165) is 56.5 Å². The van der Waals surface area contributed by atoms with Crippen LogP contribution in [0.15, 0.2) is 4.99 Å². The number of esters is 1. The first kappa shape index (κ1) is 17.7. The standard InChI is InChI=1S/C17H28N6O2/c1-18-17(22-10-7-13(8-11-22)16(24)25-2)19-12-15-21-20-14-6-4-3-5-9-23(14)15/h13H,3-12H2,1-2H3,(H,18,19). The van der Waals surface area contributed by atoms with E-state index in [1.807, 2.05) is 0 Å². The number of aryl methyl sites for hydroxylation is 1. The van der Waals surface area contributed by atoms with Crippen molar-refractivity contribution < 1.29 is 9.53 Å². The van der Waals surface area contributed by atoms with Crippen LogP contribution in [-0.2, 0) is 29.0 Å². The van der Waals surface area contributed by atoms with Crippen molar-refractivity contribution >= 4 is 11.9 Å². The van der Waals surface area contributed by atoms with Crippen molar-refractivity contribution in [2.75, 3.05) is 27.2 Å². The number of aliphatic imine (C=N–C) groups is 1. The number of methoxy groups -OCH3 is 1. The number of aromatic nitrogens is 3. The summed E-state index contributed by atoms with van der Waals surface area (Å²) in [5, 5.41) is 12.1. The molecule has 3 rings (SSSR count). The Bertz CT molecular complexity index is 619. The van der Waals surface area contributed by atoms with Crippen molar-refractivity contribution in [3.05, 3.63) is 11.6 Å². The number of piperidine rings is 1. The molecule has 1 saturated heterocycles. The van der Waals surface area contributed by atoms with Gasteiger partial charge in [0.2, 0.25) is 0 Å². The van der Waals surface area contributed by atoms with Crippen LogP contribution in [0.1, 0.15) is 43.8 Å². The van der Waals surface area contributed by atoms with Gasteiger partial charge in [0.1, 0.15) is 5.82 Å². The first-order valence-electron chi connectivity index (χ1n) is 9.17. The van der Waals surface area contributed by atoms with Gasteiger partial charge in [0.15, 0.2) is 11.8 Å². The Labute approximate surface area is 148 Å². The van der Waals surface area contributed by atoms with E-state index in [9.17, 15) is 4.79 Å². The van der Waals surface area contributed by atoms with E-state index < -0.39 is 0 Å². The summed E-state index contributed by atoms with van der Waals surface area (Å²) in [6.45, 7) is 3.23. The van der Waals surface area contributed by atoms with Gasteiger partial charge in [0.25, 0.3) is 0 Å². The molecule has 0 aromatic carbocycles. The summed E-state index contributed by atoms with van der Waals surface area (Å²) in [4.78, 5) is 18.2. The van der Waals surface area contributed by atoms with Crippen LogP contribution >= 0.6 is 0 Å². The molecule has 0 unspecified atom stereocenters. The fraction of sp³-hybridized carbons (Fsp3) is 0.765. The Morgan fingerprint density at radius 2 is 2.04 bits per heavy atom. The van der Waals surface area contributed by atoms with E-state index in [0.29, 0.717) is 6.54 Å². The molecule has 1 aromatic heterocycles. The minimum atomic E-state index is -0.103. The largest absolute Gasteiger partial charge is 0.469 e. The van der Waals surface area contributed by atoms with Crippen LogP contribution in [0, 0.1) is 5.92 Å². The first-order chi connectivity index (χ1) is 12.2. The quantitative estimate of drug-likeness (QED) is 0.498. The first-order valence-corrected chi connectivity index (χ1v) is 9.17. The monoisotopic (exact) mass is 348 g/mol. The minimum Gasteiger partial charge on any atom is -0.469 e. The van der Waals surface area contributed by atoms with E-state index >= 15 is 0 Å². The molecule has 0 radical (unpaired) electrons. The van der Waals surface area contributed by atoms with E-state index in [4.69, 9.17) is 4.74 Å². The molecule has 8 heteroatoms. The number of guanidine groups is 1. The van der Waals surface area contributed by atoms with Gasteiger partial charge in [0, 0.05) is 33.1 Å². The van der Waals surface area contributed by atoms with Crippen LogP contribution in [0.3, 0.4) is 0 Å². The maximum absolute atomic E-state index is 11.7. The second-order valence-corrected chi connectivity index (χ2v) is 6.68. The van der Waals surface area contributed by atoms with Gasteiger partial charge in [-0.15, -0.1) is 10.2 Å². The summed E-state index contributed by atoms with van der Waals surface area (Å²) in [6.07, 6.45) is 6.26. The lowest BCUT2D eigenvalue weighted by molar-refractivity contribution is -0.146. The molecule has 0 spiro atoms. The van der Waals surface area contributed by atoms with Gasteiger partial charge in [-0.3, -0.25) is 9.79 Å². The zero-order valence-electron chi connectivity index (χ0n) is 15.2. The number of fused-ring (bicyclic) bond motifs is 1. The number of likely N-dealkylation sites (tertiary alicyclic amines) is 1. The van der Waals surface area contributed by atoms with Gasteiger partial charge in [0.05, 0.1) is 19.6 Å². The Kier molecular flexibility index (Phi) is 5.88. The van der Waals surface area contributed by atoms with E-state index in [2.05, 4.69) is 30.0 Å². The zero-order valence-corrected chi connectivity index (χ0v) is 15.2. The summed E-state index contributed by atoms with van der Waals surface area (Å²) >= 11 is 0. The maximum atomic E-state index is 11.7. The molecule has 0 bridgehead atoms. The molecule has 0 amide bonds. The maximum Gasteiger partial charge on any atom is 0.308 e. The molecular formula is C17H28N6O2. The Morgan fingerprint density at radius 1 is 1.24 bits per heavy atom. The Balaban J connectivity index is 1.55. The number of nitrogens with one attached hydrogen (secondary N) is 1. The van der Waals surface area contributed by atoms with Crippen LogP contribution in [0.4, 0.5) is 0 Å². The zero-order chi connectivity index (χ0) is 17.6. The molecule has 8 nitrogen and oxygen atoms in total. The Morgan fingerprint density at radius 3 is 2.76 bits per heavy atom. The predicted octanol–water partition coefficient (Wildman–Crippen LogP) is 0.965. The molecule has 25 heavy (non-hydrogen) atoms. The summed E-state index contributed by atoms with van der Waals surface area (Å²) in [6, 6.07) is 0.